The van der Waals surface area contributed by atoms with E-state index in [2.05, 4.69) is 29.6 Å². The molecule has 7 heteroatoms. The molecule has 1 aromatic heterocycles. The van der Waals surface area contributed by atoms with Crippen molar-refractivity contribution in [2.24, 2.45) is 0 Å². The Morgan fingerprint density at radius 3 is 2.09 bits per heavy atom. The standard InChI is InChI=1S/C28H44F2N2O2Si/c1-5-6-10-13-26(29)27(30)22-34-24-16-14-23(15-17-24)28-31-20-25(21-32-28)33-18-11-8-7-9-12-19-35(2,3)4/h14-17,20-21,26-27H,5-13,18-19,22H2,1-4H3/t26-,27-/m1/s1. The minimum absolute atomic E-state index is 0.243. The van der Waals surface area contributed by atoms with Crippen molar-refractivity contribution < 1.29 is 18.3 Å². The van der Waals surface area contributed by atoms with Gasteiger partial charge >= 0.3 is 0 Å². The largest absolute Gasteiger partial charge is 0.490 e. The fourth-order valence-corrected chi connectivity index (χ4v) is 5.08. The summed E-state index contributed by atoms with van der Waals surface area (Å²) in [7, 11) is -0.897. The van der Waals surface area contributed by atoms with Gasteiger partial charge in [-0.2, -0.15) is 0 Å². The van der Waals surface area contributed by atoms with E-state index in [9.17, 15) is 8.78 Å². The Morgan fingerprint density at radius 1 is 0.771 bits per heavy atom. The highest BCUT2D eigenvalue weighted by Crippen LogP contribution is 2.22. The summed E-state index contributed by atoms with van der Waals surface area (Å²) in [5.41, 5.74) is 0.821. The molecule has 0 amide bonds. The Hall–Kier alpha value is -2.02. The van der Waals surface area contributed by atoms with E-state index in [0.29, 0.717) is 30.4 Å². The molecule has 0 aliphatic heterocycles. The Morgan fingerprint density at radius 2 is 1.43 bits per heavy atom. The Bertz CT molecular complexity index is 813. The second-order valence-corrected chi connectivity index (χ2v) is 16.2. The van der Waals surface area contributed by atoms with Gasteiger partial charge in [-0.15, -0.1) is 0 Å². The summed E-state index contributed by atoms with van der Waals surface area (Å²) in [6.07, 6.45) is 9.31. The zero-order valence-corrected chi connectivity index (χ0v) is 23.1. The highest BCUT2D eigenvalue weighted by Gasteiger charge is 2.20. The molecule has 2 atom stereocenters. The number of aromatic nitrogens is 2. The van der Waals surface area contributed by atoms with E-state index < -0.39 is 20.4 Å². The van der Waals surface area contributed by atoms with Gasteiger partial charge in [0.05, 0.1) is 19.0 Å². The number of hydrogen-bond donors (Lipinski definition) is 0. The molecular formula is C28H44F2N2O2Si. The lowest BCUT2D eigenvalue weighted by Gasteiger charge is -2.14. The Balaban J connectivity index is 1.67. The maximum Gasteiger partial charge on any atom is 0.165 e. The molecule has 0 bridgehead atoms. The predicted octanol–water partition coefficient (Wildman–Crippen LogP) is 8.45. The van der Waals surface area contributed by atoms with Crippen LogP contribution in [0.4, 0.5) is 8.78 Å². The van der Waals surface area contributed by atoms with Crippen LogP contribution in [0.2, 0.25) is 25.7 Å². The molecule has 0 aliphatic carbocycles. The summed E-state index contributed by atoms with van der Waals surface area (Å²) in [5, 5.41) is 0. The van der Waals surface area contributed by atoms with Gasteiger partial charge in [0.2, 0.25) is 0 Å². The first-order chi connectivity index (χ1) is 16.8. The number of unbranched alkanes of at least 4 members (excludes halogenated alkanes) is 6. The highest BCUT2D eigenvalue weighted by molar-refractivity contribution is 6.76. The van der Waals surface area contributed by atoms with Gasteiger partial charge in [0.25, 0.3) is 0 Å². The summed E-state index contributed by atoms with van der Waals surface area (Å²) in [6.45, 7) is 9.73. The summed E-state index contributed by atoms with van der Waals surface area (Å²) >= 11 is 0. The summed E-state index contributed by atoms with van der Waals surface area (Å²) in [6, 6.07) is 8.50. The van der Waals surface area contributed by atoms with Crippen LogP contribution in [-0.2, 0) is 0 Å². The van der Waals surface area contributed by atoms with Crippen molar-refractivity contribution in [2.45, 2.75) is 103 Å². The van der Waals surface area contributed by atoms with Crippen LogP contribution in [0, 0.1) is 0 Å². The topological polar surface area (TPSA) is 44.2 Å². The third kappa shape index (κ3) is 12.5. The number of alkyl halides is 2. The predicted molar refractivity (Wildman–Crippen MR) is 144 cm³/mol. The number of hydrogen-bond acceptors (Lipinski definition) is 4. The zero-order valence-electron chi connectivity index (χ0n) is 22.1. The molecule has 0 spiro atoms. The molecule has 1 aromatic carbocycles. The molecule has 0 saturated heterocycles. The second-order valence-electron chi connectivity index (χ2n) is 10.5. The van der Waals surface area contributed by atoms with Crippen molar-refractivity contribution >= 4 is 8.07 Å². The maximum atomic E-state index is 14.0. The summed E-state index contributed by atoms with van der Waals surface area (Å²) in [4.78, 5) is 8.78. The van der Waals surface area contributed by atoms with Crippen LogP contribution in [0.3, 0.4) is 0 Å². The van der Waals surface area contributed by atoms with Gasteiger partial charge in [0.1, 0.15) is 18.5 Å². The average Bonchev–Trinajstić information content (AvgIpc) is 2.84. The Labute approximate surface area is 211 Å². The van der Waals surface area contributed by atoms with Crippen molar-refractivity contribution in [3.8, 4) is 22.9 Å². The number of nitrogens with zero attached hydrogens (tertiary/aromatic N) is 2. The summed E-state index contributed by atoms with van der Waals surface area (Å²) < 4.78 is 39.0. The van der Waals surface area contributed by atoms with E-state index in [0.717, 1.165) is 24.8 Å². The molecule has 0 unspecified atom stereocenters. The lowest BCUT2D eigenvalue weighted by Crippen LogP contribution is -2.24. The molecule has 0 radical (unpaired) electrons. The highest BCUT2D eigenvalue weighted by atomic mass is 28.3. The molecule has 1 heterocycles. The molecular weight excluding hydrogens is 462 g/mol. The molecule has 0 aliphatic rings. The van der Waals surface area contributed by atoms with Crippen LogP contribution in [0.1, 0.15) is 64.7 Å². The number of halogens is 2. The van der Waals surface area contributed by atoms with Gasteiger partial charge < -0.3 is 9.47 Å². The fraction of sp³-hybridized carbons (Fsp3) is 0.643. The van der Waals surface area contributed by atoms with Crippen LogP contribution >= 0.6 is 0 Å². The molecule has 2 aromatic rings. The Kier molecular flexibility index (Phi) is 13.2. The average molecular weight is 507 g/mol. The second kappa shape index (κ2) is 15.9. The first-order valence-corrected chi connectivity index (χ1v) is 17.0. The van der Waals surface area contributed by atoms with Crippen LogP contribution in [0.15, 0.2) is 36.7 Å². The molecule has 35 heavy (non-hydrogen) atoms. The van der Waals surface area contributed by atoms with Gasteiger partial charge in [-0.1, -0.05) is 77.6 Å². The van der Waals surface area contributed by atoms with Crippen molar-refractivity contribution in [3.05, 3.63) is 36.7 Å². The lowest BCUT2D eigenvalue weighted by molar-refractivity contribution is 0.102. The zero-order chi connectivity index (χ0) is 25.5. The third-order valence-corrected chi connectivity index (χ3v) is 7.82. The summed E-state index contributed by atoms with van der Waals surface area (Å²) in [5.74, 6) is 1.74. The van der Waals surface area contributed by atoms with Gasteiger partial charge in [0, 0.05) is 13.6 Å². The fourth-order valence-electron chi connectivity index (χ4n) is 3.77. The number of ether oxygens (including phenoxy) is 2. The van der Waals surface area contributed by atoms with Gasteiger partial charge in [-0.25, -0.2) is 18.7 Å². The number of rotatable bonds is 18. The van der Waals surface area contributed by atoms with E-state index in [4.69, 9.17) is 9.47 Å². The molecule has 2 rings (SSSR count). The SMILES string of the molecule is CCCCC[C@@H](F)[C@H](F)COc1ccc(-c2ncc(OCCCCCCC[Si](C)(C)C)cn2)cc1. The molecule has 0 N–H and O–H groups in total. The van der Waals surface area contributed by atoms with E-state index in [1.807, 2.05) is 19.1 Å². The van der Waals surface area contributed by atoms with E-state index in [-0.39, 0.29) is 13.0 Å². The van der Waals surface area contributed by atoms with E-state index in [1.165, 1.54) is 31.7 Å². The van der Waals surface area contributed by atoms with Crippen LogP contribution in [0.25, 0.3) is 11.4 Å². The molecule has 196 valence electrons. The van der Waals surface area contributed by atoms with Crippen LogP contribution < -0.4 is 9.47 Å². The smallest absolute Gasteiger partial charge is 0.165 e. The van der Waals surface area contributed by atoms with Crippen LogP contribution in [-0.4, -0.2) is 43.6 Å². The van der Waals surface area contributed by atoms with Gasteiger partial charge in [-0.3, -0.25) is 0 Å². The minimum atomic E-state index is -1.61. The third-order valence-electron chi connectivity index (χ3n) is 5.97. The number of benzene rings is 1. The quantitative estimate of drug-likeness (QED) is 0.150. The maximum absolute atomic E-state index is 14.0. The monoisotopic (exact) mass is 506 g/mol. The molecule has 4 nitrogen and oxygen atoms in total. The first kappa shape index (κ1) is 29.2. The van der Waals surface area contributed by atoms with Crippen molar-refractivity contribution in [1.29, 1.82) is 0 Å². The van der Waals surface area contributed by atoms with Gasteiger partial charge in [0.15, 0.2) is 17.7 Å². The van der Waals surface area contributed by atoms with E-state index >= 15 is 0 Å². The first-order valence-electron chi connectivity index (χ1n) is 13.2. The van der Waals surface area contributed by atoms with Crippen LogP contribution in [0.5, 0.6) is 11.5 Å². The normalized spacial score (nSPS) is 13.4. The molecule has 0 saturated carbocycles. The van der Waals surface area contributed by atoms with Gasteiger partial charge in [-0.05, 0) is 37.1 Å². The molecule has 0 fully saturated rings. The van der Waals surface area contributed by atoms with E-state index in [1.54, 1.807) is 24.5 Å². The minimum Gasteiger partial charge on any atom is -0.490 e. The lowest BCUT2D eigenvalue weighted by atomic mass is 10.1. The van der Waals surface area contributed by atoms with Crippen molar-refractivity contribution in [3.63, 3.8) is 0 Å². The van der Waals surface area contributed by atoms with Crippen molar-refractivity contribution in [1.82, 2.24) is 9.97 Å². The van der Waals surface area contributed by atoms with Crippen molar-refractivity contribution in [2.75, 3.05) is 13.2 Å².